The van der Waals surface area contributed by atoms with Gasteiger partial charge in [0.15, 0.2) is 0 Å². The third kappa shape index (κ3) is 5.34. The maximum Gasteiger partial charge on any atom is 0.251 e. The highest BCUT2D eigenvalue weighted by atomic mass is 16.2. The van der Waals surface area contributed by atoms with Crippen molar-refractivity contribution in [1.29, 1.82) is 0 Å². The van der Waals surface area contributed by atoms with Gasteiger partial charge in [-0.2, -0.15) is 5.10 Å². The van der Waals surface area contributed by atoms with Crippen LogP contribution in [0.3, 0.4) is 0 Å². The summed E-state index contributed by atoms with van der Waals surface area (Å²) < 4.78 is 1.86. The zero-order valence-corrected chi connectivity index (χ0v) is 18.4. The van der Waals surface area contributed by atoms with E-state index in [4.69, 9.17) is 0 Å². The van der Waals surface area contributed by atoms with Crippen molar-refractivity contribution in [2.45, 2.75) is 64.6 Å². The monoisotopic (exact) mass is 423 g/mol. The first-order valence-electron chi connectivity index (χ1n) is 11.6. The molecule has 0 spiro atoms. The Kier molecular flexibility index (Phi) is 7.02. The largest absolute Gasteiger partial charge is 0.352 e. The summed E-state index contributed by atoms with van der Waals surface area (Å²) in [5.74, 6) is 0.895. The first-order chi connectivity index (χ1) is 15.1. The highest BCUT2D eigenvalue weighted by Gasteiger charge is 2.24. The van der Waals surface area contributed by atoms with Crippen molar-refractivity contribution in [3.63, 3.8) is 0 Å². The molecular weight excluding hydrogens is 390 g/mol. The molecule has 0 bridgehead atoms. The van der Waals surface area contributed by atoms with Crippen LogP contribution in [0.15, 0.2) is 36.5 Å². The Bertz CT molecular complexity index is 884. The average Bonchev–Trinajstić information content (AvgIpc) is 3.09. The molecule has 3 heterocycles. The predicted molar refractivity (Wildman–Crippen MR) is 121 cm³/mol. The molecule has 0 aliphatic carbocycles. The first kappa shape index (κ1) is 21.6. The van der Waals surface area contributed by atoms with Crippen molar-refractivity contribution in [3.8, 4) is 0 Å². The summed E-state index contributed by atoms with van der Waals surface area (Å²) in [6.45, 7) is 6.42. The van der Waals surface area contributed by atoms with Crippen LogP contribution in [0.4, 0.5) is 5.82 Å². The highest BCUT2D eigenvalue weighted by Crippen LogP contribution is 2.23. The van der Waals surface area contributed by atoms with Crippen molar-refractivity contribution >= 4 is 17.6 Å². The molecule has 1 aromatic carbocycles. The molecule has 2 aliphatic rings. The van der Waals surface area contributed by atoms with Crippen molar-refractivity contribution in [3.05, 3.63) is 47.7 Å². The third-order valence-corrected chi connectivity index (χ3v) is 6.48. The number of benzene rings is 1. The van der Waals surface area contributed by atoms with E-state index in [2.05, 4.69) is 22.2 Å². The van der Waals surface area contributed by atoms with E-state index in [0.717, 1.165) is 17.8 Å². The normalized spacial score (nSPS) is 18.4. The van der Waals surface area contributed by atoms with Gasteiger partial charge in [-0.1, -0.05) is 25.0 Å². The molecular formula is C24H33N5O2. The highest BCUT2D eigenvalue weighted by molar-refractivity contribution is 5.95. The number of aromatic nitrogens is 2. The number of hydrogen-bond donors (Lipinski definition) is 1. The van der Waals surface area contributed by atoms with Crippen LogP contribution in [-0.4, -0.2) is 52.2 Å². The maximum absolute atomic E-state index is 12.5. The van der Waals surface area contributed by atoms with Crippen LogP contribution in [0.5, 0.6) is 0 Å². The predicted octanol–water partition coefficient (Wildman–Crippen LogP) is 3.20. The van der Waals surface area contributed by atoms with Gasteiger partial charge in [-0.3, -0.25) is 14.5 Å². The maximum atomic E-state index is 12.5. The number of fused-ring (bicyclic) bond motifs is 1. The number of amides is 2. The Hall–Kier alpha value is -2.67. The standard InChI is InChI=1S/C24H33N5O2/c1-19(27-15-4-2-3-5-16-27)10-13-25-24(31)21-8-6-20(7-9-21)18-28-22-11-14-26-29(22)17-12-23(28)30/h6-9,11,14,19H,2-5,10,12-13,15-18H2,1H3,(H,25,31). The summed E-state index contributed by atoms with van der Waals surface area (Å²) in [4.78, 5) is 29.2. The van der Waals surface area contributed by atoms with Gasteiger partial charge in [0.2, 0.25) is 5.91 Å². The quantitative estimate of drug-likeness (QED) is 0.742. The molecule has 1 N–H and O–H groups in total. The molecule has 2 aliphatic heterocycles. The Labute approximate surface area is 184 Å². The molecule has 2 amide bonds. The van der Waals surface area contributed by atoms with E-state index in [0.29, 0.717) is 37.7 Å². The summed E-state index contributed by atoms with van der Waals surface area (Å²) in [6.07, 6.45) is 8.40. The van der Waals surface area contributed by atoms with Crippen LogP contribution < -0.4 is 10.2 Å². The van der Waals surface area contributed by atoms with Crippen LogP contribution in [0, 0.1) is 0 Å². The Balaban J connectivity index is 1.27. The summed E-state index contributed by atoms with van der Waals surface area (Å²) in [5, 5.41) is 7.32. The van der Waals surface area contributed by atoms with E-state index >= 15 is 0 Å². The van der Waals surface area contributed by atoms with Gasteiger partial charge in [0.1, 0.15) is 5.82 Å². The van der Waals surface area contributed by atoms with Gasteiger partial charge in [0.25, 0.3) is 5.91 Å². The zero-order valence-electron chi connectivity index (χ0n) is 18.4. The van der Waals surface area contributed by atoms with Gasteiger partial charge < -0.3 is 10.2 Å². The van der Waals surface area contributed by atoms with Gasteiger partial charge in [0.05, 0.1) is 19.3 Å². The molecule has 31 heavy (non-hydrogen) atoms. The molecule has 4 rings (SSSR count). The van der Waals surface area contributed by atoms with Crippen molar-refractivity contribution in [2.24, 2.45) is 0 Å². The molecule has 1 atom stereocenters. The third-order valence-electron chi connectivity index (χ3n) is 6.48. The fourth-order valence-electron chi connectivity index (χ4n) is 4.52. The lowest BCUT2D eigenvalue weighted by Crippen LogP contribution is -2.37. The van der Waals surface area contributed by atoms with Crippen LogP contribution in [0.25, 0.3) is 0 Å². The van der Waals surface area contributed by atoms with E-state index < -0.39 is 0 Å². The van der Waals surface area contributed by atoms with E-state index in [1.807, 2.05) is 35.0 Å². The van der Waals surface area contributed by atoms with E-state index in [1.165, 1.54) is 38.8 Å². The van der Waals surface area contributed by atoms with Gasteiger partial charge in [0, 0.05) is 30.6 Å². The molecule has 1 unspecified atom stereocenters. The molecule has 1 saturated heterocycles. The second-order valence-corrected chi connectivity index (χ2v) is 8.68. The van der Waals surface area contributed by atoms with Crippen LogP contribution in [0.2, 0.25) is 0 Å². The molecule has 7 heteroatoms. The molecule has 1 aromatic heterocycles. The topological polar surface area (TPSA) is 70.5 Å². The van der Waals surface area contributed by atoms with Gasteiger partial charge in [-0.05, 0) is 57.0 Å². The smallest absolute Gasteiger partial charge is 0.251 e. The van der Waals surface area contributed by atoms with E-state index in [-0.39, 0.29) is 11.8 Å². The number of hydrogen-bond acceptors (Lipinski definition) is 4. The second kappa shape index (κ2) is 10.1. The Morgan fingerprint density at radius 3 is 2.55 bits per heavy atom. The van der Waals surface area contributed by atoms with E-state index in [1.54, 1.807) is 11.1 Å². The Morgan fingerprint density at radius 2 is 1.81 bits per heavy atom. The number of rotatable bonds is 7. The minimum Gasteiger partial charge on any atom is -0.352 e. The number of nitrogens with zero attached hydrogens (tertiary/aromatic N) is 4. The van der Waals surface area contributed by atoms with Gasteiger partial charge in [-0.15, -0.1) is 0 Å². The fraction of sp³-hybridized carbons (Fsp3) is 0.542. The molecule has 0 radical (unpaired) electrons. The number of anilines is 1. The molecule has 1 fully saturated rings. The number of aryl methyl sites for hydroxylation is 1. The first-order valence-corrected chi connectivity index (χ1v) is 11.6. The number of likely N-dealkylation sites (tertiary alicyclic amines) is 1. The van der Waals surface area contributed by atoms with Crippen LogP contribution >= 0.6 is 0 Å². The molecule has 2 aromatic rings. The van der Waals surface area contributed by atoms with Gasteiger partial charge >= 0.3 is 0 Å². The zero-order chi connectivity index (χ0) is 21.6. The van der Waals surface area contributed by atoms with Crippen molar-refractivity contribution in [2.75, 3.05) is 24.5 Å². The lowest BCUT2D eigenvalue weighted by Gasteiger charge is -2.27. The molecule has 0 saturated carbocycles. The summed E-state index contributed by atoms with van der Waals surface area (Å²) in [6, 6.07) is 9.90. The fourth-order valence-corrected chi connectivity index (χ4v) is 4.52. The number of nitrogens with one attached hydrogen (secondary N) is 1. The average molecular weight is 424 g/mol. The van der Waals surface area contributed by atoms with Gasteiger partial charge in [-0.25, -0.2) is 4.68 Å². The molecule has 166 valence electrons. The Morgan fingerprint density at radius 1 is 1.06 bits per heavy atom. The SMILES string of the molecule is CC(CCNC(=O)c1ccc(CN2C(=O)CCn3nccc32)cc1)N1CCCCCC1. The van der Waals surface area contributed by atoms with Crippen LogP contribution in [-0.2, 0) is 17.9 Å². The van der Waals surface area contributed by atoms with E-state index in [9.17, 15) is 9.59 Å². The lowest BCUT2D eigenvalue weighted by atomic mass is 10.1. The summed E-state index contributed by atoms with van der Waals surface area (Å²) >= 11 is 0. The summed E-state index contributed by atoms with van der Waals surface area (Å²) in [7, 11) is 0. The minimum absolute atomic E-state index is 0.0401. The number of carbonyl (C=O) groups is 2. The summed E-state index contributed by atoms with van der Waals surface area (Å²) in [5.41, 5.74) is 1.65. The van der Waals surface area contributed by atoms with Crippen molar-refractivity contribution in [1.82, 2.24) is 20.0 Å². The second-order valence-electron chi connectivity index (χ2n) is 8.68. The minimum atomic E-state index is -0.0401. The lowest BCUT2D eigenvalue weighted by molar-refractivity contribution is -0.119. The van der Waals surface area contributed by atoms with Crippen LogP contribution in [0.1, 0.15) is 61.4 Å². The van der Waals surface area contributed by atoms with Crippen molar-refractivity contribution < 1.29 is 9.59 Å². The number of carbonyl (C=O) groups excluding carboxylic acids is 2. The molecule has 7 nitrogen and oxygen atoms in total.